The molecule has 0 unspecified atom stereocenters. The van der Waals surface area contributed by atoms with Crippen molar-refractivity contribution in [3.8, 4) is 5.75 Å². The van der Waals surface area contributed by atoms with Crippen LogP contribution in [-0.2, 0) is 0 Å². The number of fused-ring (bicyclic) bond motifs is 1. The van der Waals surface area contributed by atoms with Crippen molar-refractivity contribution in [2.45, 2.75) is 26.9 Å². The van der Waals surface area contributed by atoms with Crippen LogP contribution in [0.5, 0.6) is 5.75 Å². The van der Waals surface area contributed by atoms with E-state index in [1.165, 1.54) is 0 Å². The van der Waals surface area contributed by atoms with E-state index in [-0.39, 0.29) is 12.0 Å². The molecule has 4 heteroatoms. The zero-order valence-electron chi connectivity index (χ0n) is 14.1. The van der Waals surface area contributed by atoms with Gasteiger partial charge in [0.15, 0.2) is 0 Å². The maximum atomic E-state index is 12.6. The highest BCUT2D eigenvalue weighted by molar-refractivity contribution is 5.99. The second-order valence-corrected chi connectivity index (χ2v) is 5.89. The molecule has 3 rings (SSSR count). The van der Waals surface area contributed by atoms with Gasteiger partial charge in [-0.05, 0) is 56.7 Å². The van der Waals surface area contributed by atoms with Crippen molar-refractivity contribution in [3.63, 3.8) is 0 Å². The number of carbonyl (C=O) groups excluding carboxylic acids is 1. The Hall–Kier alpha value is -2.88. The van der Waals surface area contributed by atoms with Crippen molar-refractivity contribution < 1.29 is 9.53 Å². The molecule has 0 amide bonds. The van der Waals surface area contributed by atoms with Crippen molar-refractivity contribution in [2.24, 2.45) is 0 Å². The van der Waals surface area contributed by atoms with Gasteiger partial charge in [0.1, 0.15) is 11.6 Å². The molecular formula is C20H20N2O2. The molecule has 0 aliphatic rings. The van der Waals surface area contributed by atoms with Gasteiger partial charge >= 0.3 is 0 Å². The monoisotopic (exact) mass is 320 g/mol. The summed E-state index contributed by atoms with van der Waals surface area (Å²) in [4.78, 5) is 17.0. The van der Waals surface area contributed by atoms with E-state index in [4.69, 9.17) is 4.74 Å². The average molecular weight is 320 g/mol. The van der Waals surface area contributed by atoms with E-state index in [0.717, 1.165) is 22.3 Å². The fraction of sp³-hybridized carbons (Fsp3) is 0.200. The standard InChI is InChI=1S/C20H20N2O2/c1-14(2)24-17-8-6-7-16(13-17)11-12-20(23)22-15(3)21-18-9-4-5-10-19(18)22/h4-14H,1-3H3/b12-11+. The third-order valence-corrected chi connectivity index (χ3v) is 3.60. The second kappa shape index (κ2) is 6.71. The number of ether oxygens (including phenoxy) is 1. The number of benzene rings is 2. The Labute approximate surface area is 141 Å². The number of nitrogens with zero attached hydrogens (tertiary/aromatic N) is 2. The van der Waals surface area contributed by atoms with Gasteiger partial charge in [0.05, 0.1) is 17.1 Å². The Morgan fingerprint density at radius 2 is 1.96 bits per heavy atom. The van der Waals surface area contributed by atoms with Crippen LogP contribution in [-0.4, -0.2) is 21.6 Å². The zero-order chi connectivity index (χ0) is 17.1. The SMILES string of the molecule is Cc1nc2ccccc2n1C(=O)/C=C/c1cccc(OC(C)C)c1. The van der Waals surface area contributed by atoms with E-state index >= 15 is 0 Å². The Morgan fingerprint density at radius 1 is 1.17 bits per heavy atom. The summed E-state index contributed by atoms with van der Waals surface area (Å²) in [5.74, 6) is 1.36. The molecule has 2 aromatic carbocycles. The number of hydrogen-bond acceptors (Lipinski definition) is 3. The molecule has 0 radical (unpaired) electrons. The minimum Gasteiger partial charge on any atom is -0.491 e. The summed E-state index contributed by atoms with van der Waals surface area (Å²) in [7, 11) is 0. The Balaban J connectivity index is 1.86. The number of imidazole rings is 1. The molecule has 0 aliphatic heterocycles. The smallest absolute Gasteiger partial charge is 0.256 e. The van der Waals surface area contributed by atoms with Crippen molar-refractivity contribution in [1.82, 2.24) is 9.55 Å². The number of hydrogen-bond donors (Lipinski definition) is 0. The van der Waals surface area contributed by atoms with E-state index in [9.17, 15) is 4.79 Å². The normalized spacial score (nSPS) is 11.5. The first-order valence-corrected chi connectivity index (χ1v) is 7.98. The van der Waals surface area contributed by atoms with Crippen molar-refractivity contribution >= 4 is 23.0 Å². The van der Waals surface area contributed by atoms with Crippen LogP contribution in [0.2, 0.25) is 0 Å². The van der Waals surface area contributed by atoms with Crippen LogP contribution in [0.1, 0.15) is 30.0 Å². The third-order valence-electron chi connectivity index (χ3n) is 3.60. The van der Waals surface area contributed by atoms with Gasteiger partial charge in [0.2, 0.25) is 0 Å². The summed E-state index contributed by atoms with van der Waals surface area (Å²) in [5.41, 5.74) is 2.56. The molecule has 1 aromatic heterocycles. The van der Waals surface area contributed by atoms with Crippen LogP contribution in [0.4, 0.5) is 0 Å². The van der Waals surface area contributed by atoms with E-state index in [1.807, 2.05) is 69.3 Å². The average Bonchev–Trinajstić information content (AvgIpc) is 2.88. The summed E-state index contributed by atoms with van der Waals surface area (Å²) >= 11 is 0. The molecule has 3 aromatic rings. The molecule has 0 saturated carbocycles. The van der Waals surface area contributed by atoms with Crippen molar-refractivity contribution in [2.75, 3.05) is 0 Å². The second-order valence-electron chi connectivity index (χ2n) is 5.89. The van der Waals surface area contributed by atoms with Crippen LogP contribution in [0.25, 0.3) is 17.1 Å². The molecule has 0 fully saturated rings. The molecule has 122 valence electrons. The fourth-order valence-corrected chi connectivity index (χ4v) is 2.63. The highest BCUT2D eigenvalue weighted by atomic mass is 16.5. The highest BCUT2D eigenvalue weighted by Gasteiger charge is 2.11. The maximum absolute atomic E-state index is 12.6. The van der Waals surface area contributed by atoms with Crippen LogP contribution >= 0.6 is 0 Å². The summed E-state index contributed by atoms with van der Waals surface area (Å²) < 4.78 is 7.30. The lowest BCUT2D eigenvalue weighted by molar-refractivity contribution is 0.0972. The number of para-hydroxylation sites is 2. The highest BCUT2D eigenvalue weighted by Crippen LogP contribution is 2.18. The van der Waals surface area contributed by atoms with Crippen LogP contribution < -0.4 is 4.74 Å². The minimum atomic E-state index is -0.114. The molecule has 24 heavy (non-hydrogen) atoms. The van der Waals surface area contributed by atoms with Gasteiger partial charge in [-0.2, -0.15) is 0 Å². The molecule has 1 heterocycles. The predicted octanol–water partition coefficient (Wildman–Crippen LogP) is 4.49. The maximum Gasteiger partial charge on any atom is 0.256 e. The van der Waals surface area contributed by atoms with Gasteiger partial charge in [0.25, 0.3) is 5.91 Å². The van der Waals surface area contributed by atoms with Crippen molar-refractivity contribution in [3.05, 3.63) is 66.0 Å². The van der Waals surface area contributed by atoms with Gasteiger partial charge in [0, 0.05) is 6.08 Å². The van der Waals surface area contributed by atoms with Gasteiger partial charge in [-0.25, -0.2) is 4.98 Å². The summed E-state index contributed by atoms with van der Waals surface area (Å²) in [6.07, 6.45) is 3.48. The Kier molecular flexibility index (Phi) is 4.47. The zero-order valence-corrected chi connectivity index (χ0v) is 14.1. The quantitative estimate of drug-likeness (QED) is 0.665. The van der Waals surface area contributed by atoms with Gasteiger partial charge < -0.3 is 4.74 Å². The summed E-state index contributed by atoms with van der Waals surface area (Å²) in [5, 5.41) is 0. The number of allylic oxidation sites excluding steroid dienone is 1. The molecular weight excluding hydrogens is 300 g/mol. The van der Waals surface area contributed by atoms with Crippen LogP contribution in [0.15, 0.2) is 54.6 Å². The number of aryl methyl sites for hydroxylation is 1. The van der Waals surface area contributed by atoms with E-state index in [1.54, 1.807) is 16.7 Å². The molecule has 0 aliphatic carbocycles. The van der Waals surface area contributed by atoms with Gasteiger partial charge in [-0.3, -0.25) is 9.36 Å². The van der Waals surface area contributed by atoms with Crippen LogP contribution in [0.3, 0.4) is 0 Å². The molecule has 0 atom stereocenters. The van der Waals surface area contributed by atoms with Crippen LogP contribution in [0, 0.1) is 6.92 Å². The number of aromatic nitrogens is 2. The fourth-order valence-electron chi connectivity index (χ4n) is 2.63. The van der Waals surface area contributed by atoms with Gasteiger partial charge in [-0.15, -0.1) is 0 Å². The lowest BCUT2D eigenvalue weighted by atomic mass is 10.2. The number of carbonyl (C=O) groups is 1. The summed E-state index contributed by atoms with van der Waals surface area (Å²) in [6.45, 7) is 5.81. The van der Waals surface area contributed by atoms with E-state index in [0.29, 0.717) is 5.82 Å². The first kappa shape index (κ1) is 16.0. The molecule has 0 N–H and O–H groups in total. The molecule has 0 bridgehead atoms. The predicted molar refractivity (Wildman–Crippen MR) is 96.3 cm³/mol. The first-order chi connectivity index (χ1) is 11.5. The van der Waals surface area contributed by atoms with Gasteiger partial charge in [-0.1, -0.05) is 24.3 Å². The Bertz CT molecular complexity index is 907. The number of rotatable bonds is 4. The molecule has 4 nitrogen and oxygen atoms in total. The summed E-state index contributed by atoms with van der Waals surface area (Å²) in [6, 6.07) is 15.3. The van der Waals surface area contributed by atoms with E-state index < -0.39 is 0 Å². The lowest BCUT2D eigenvalue weighted by Gasteiger charge is -2.09. The topological polar surface area (TPSA) is 44.1 Å². The largest absolute Gasteiger partial charge is 0.491 e. The lowest BCUT2D eigenvalue weighted by Crippen LogP contribution is -2.09. The molecule has 0 spiro atoms. The third kappa shape index (κ3) is 3.38. The minimum absolute atomic E-state index is 0.114. The van der Waals surface area contributed by atoms with E-state index in [2.05, 4.69) is 4.98 Å². The molecule has 0 saturated heterocycles. The first-order valence-electron chi connectivity index (χ1n) is 7.98. The van der Waals surface area contributed by atoms with Crippen molar-refractivity contribution in [1.29, 1.82) is 0 Å². The Morgan fingerprint density at radius 3 is 2.75 bits per heavy atom.